The highest BCUT2D eigenvalue weighted by molar-refractivity contribution is 5.81. The maximum Gasteiger partial charge on any atom is 0.227 e. The van der Waals surface area contributed by atoms with Crippen LogP contribution >= 0.6 is 0 Å². The van der Waals surface area contributed by atoms with E-state index >= 15 is 0 Å². The van der Waals surface area contributed by atoms with Crippen molar-refractivity contribution in [2.45, 2.75) is 13.0 Å². The normalized spacial score (nSPS) is 12.3. The molecular weight excluding hydrogens is 296 g/mol. The number of benzene rings is 1. The molecular formula is C16H18N4O3. The third kappa shape index (κ3) is 2.91. The van der Waals surface area contributed by atoms with Gasteiger partial charge in [0, 0.05) is 24.4 Å². The van der Waals surface area contributed by atoms with E-state index in [1.165, 1.54) is 6.07 Å². The number of anilines is 1. The van der Waals surface area contributed by atoms with E-state index in [0.29, 0.717) is 29.5 Å². The number of hydrogen-bond acceptors (Lipinski definition) is 6. The van der Waals surface area contributed by atoms with Gasteiger partial charge in [-0.05, 0) is 31.2 Å². The van der Waals surface area contributed by atoms with Crippen molar-refractivity contribution in [1.82, 2.24) is 14.6 Å². The van der Waals surface area contributed by atoms with Crippen LogP contribution in [0.4, 0.5) is 5.95 Å². The first-order chi connectivity index (χ1) is 11.1. The zero-order chi connectivity index (χ0) is 16.4. The lowest BCUT2D eigenvalue weighted by Gasteiger charge is -2.12. The quantitative estimate of drug-likeness (QED) is 0.666. The molecule has 0 fully saturated rings. The molecule has 0 bridgehead atoms. The number of hydrogen-bond donors (Lipinski definition) is 3. The smallest absolute Gasteiger partial charge is 0.227 e. The summed E-state index contributed by atoms with van der Waals surface area (Å²) in [6, 6.07) is 8.80. The highest BCUT2D eigenvalue weighted by atomic mass is 16.5. The van der Waals surface area contributed by atoms with Gasteiger partial charge < -0.3 is 20.3 Å². The number of aromatic hydroxyl groups is 1. The Morgan fingerprint density at radius 3 is 2.83 bits per heavy atom. The summed E-state index contributed by atoms with van der Waals surface area (Å²) in [6.45, 7) is 2.06. The topological polar surface area (TPSA) is 91.9 Å². The van der Waals surface area contributed by atoms with Crippen LogP contribution in [0, 0.1) is 0 Å². The number of aromatic nitrogens is 3. The molecule has 0 aliphatic heterocycles. The maximum absolute atomic E-state index is 10.2. The SMILES string of the molecule is COc1ccc(-c2nnc(NC[C@@H](C)O)n3cccc23)c(O)c1. The van der Waals surface area contributed by atoms with E-state index in [4.69, 9.17) is 4.74 Å². The molecule has 120 valence electrons. The van der Waals surface area contributed by atoms with Gasteiger partial charge in [0.25, 0.3) is 0 Å². The third-order valence-corrected chi connectivity index (χ3v) is 3.48. The number of fused-ring (bicyclic) bond motifs is 1. The second-order valence-electron chi connectivity index (χ2n) is 5.25. The third-order valence-electron chi connectivity index (χ3n) is 3.48. The minimum absolute atomic E-state index is 0.0754. The number of phenolic OH excluding ortho intramolecular Hbond substituents is 1. The van der Waals surface area contributed by atoms with Crippen LogP contribution in [0.1, 0.15) is 6.92 Å². The minimum atomic E-state index is -0.493. The van der Waals surface area contributed by atoms with Gasteiger partial charge in [0.1, 0.15) is 17.2 Å². The Hall–Kier alpha value is -2.80. The molecule has 2 heterocycles. The van der Waals surface area contributed by atoms with Gasteiger partial charge in [-0.1, -0.05) is 0 Å². The van der Waals surface area contributed by atoms with Crippen LogP contribution in [0.2, 0.25) is 0 Å². The van der Waals surface area contributed by atoms with E-state index in [2.05, 4.69) is 15.5 Å². The number of aliphatic hydroxyl groups is 1. The Morgan fingerprint density at radius 1 is 1.30 bits per heavy atom. The van der Waals surface area contributed by atoms with Crippen molar-refractivity contribution >= 4 is 11.5 Å². The first-order valence-corrected chi connectivity index (χ1v) is 7.23. The summed E-state index contributed by atoms with van der Waals surface area (Å²) < 4.78 is 6.92. The van der Waals surface area contributed by atoms with Crippen LogP contribution in [0.15, 0.2) is 36.5 Å². The molecule has 0 radical (unpaired) electrons. The number of rotatable bonds is 5. The standard InChI is InChI=1S/C16H18N4O3/c1-10(21)9-17-16-19-18-15(13-4-3-7-20(13)16)12-6-5-11(23-2)8-14(12)22/h3-8,10,21-22H,9H2,1-2H3,(H,17,19)/t10-/m1/s1. The predicted molar refractivity (Wildman–Crippen MR) is 86.8 cm³/mol. The molecule has 3 rings (SSSR count). The van der Waals surface area contributed by atoms with Crippen molar-refractivity contribution in [3.8, 4) is 22.8 Å². The van der Waals surface area contributed by atoms with E-state index in [-0.39, 0.29) is 5.75 Å². The van der Waals surface area contributed by atoms with Crippen molar-refractivity contribution in [2.24, 2.45) is 0 Å². The monoisotopic (exact) mass is 314 g/mol. The Kier molecular flexibility index (Phi) is 4.03. The largest absolute Gasteiger partial charge is 0.507 e. The molecule has 0 aliphatic rings. The van der Waals surface area contributed by atoms with Gasteiger partial charge in [0.2, 0.25) is 5.95 Å². The molecule has 0 amide bonds. The number of ether oxygens (including phenoxy) is 1. The summed E-state index contributed by atoms with van der Waals surface area (Å²) in [4.78, 5) is 0. The van der Waals surface area contributed by atoms with Crippen LogP contribution < -0.4 is 10.1 Å². The highest BCUT2D eigenvalue weighted by Crippen LogP contribution is 2.33. The molecule has 2 aromatic heterocycles. The number of aliphatic hydroxyl groups excluding tert-OH is 1. The lowest BCUT2D eigenvalue weighted by molar-refractivity contribution is 0.208. The number of nitrogens with one attached hydrogen (secondary N) is 1. The Balaban J connectivity index is 2.06. The fraction of sp³-hybridized carbons (Fsp3) is 0.250. The van der Waals surface area contributed by atoms with Crippen LogP contribution in [-0.2, 0) is 0 Å². The van der Waals surface area contributed by atoms with Gasteiger partial charge in [-0.3, -0.25) is 4.40 Å². The lowest BCUT2D eigenvalue weighted by Crippen LogP contribution is -2.18. The summed E-state index contributed by atoms with van der Waals surface area (Å²) in [6.07, 6.45) is 1.35. The van der Waals surface area contributed by atoms with E-state index in [0.717, 1.165) is 5.52 Å². The molecule has 0 saturated heterocycles. The summed E-state index contributed by atoms with van der Waals surface area (Å²) >= 11 is 0. The fourth-order valence-corrected chi connectivity index (χ4v) is 2.35. The molecule has 3 aromatic rings. The maximum atomic E-state index is 10.2. The number of nitrogens with zero attached hydrogens (tertiary/aromatic N) is 3. The fourth-order valence-electron chi connectivity index (χ4n) is 2.35. The minimum Gasteiger partial charge on any atom is -0.507 e. The first-order valence-electron chi connectivity index (χ1n) is 7.23. The van der Waals surface area contributed by atoms with Crippen LogP contribution in [0.3, 0.4) is 0 Å². The molecule has 1 aromatic carbocycles. The van der Waals surface area contributed by atoms with Gasteiger partial charge in [0.15, 0.2) is 0 Å². The van der Waals surface area contributed by atoms with E-state index in [9.17, 15) is 10.2 Å². The van der Waals surface area contributed by atoms with Crippen molar-refractivity contribution < 1.29 is 14.9 Å². The van der Waals surface area contributed by atoms with Gasteiger partial charge in [0.05, 0.1) is 18.7 Å². The zero-order valence-corrected chi connectivity index (χ0v) is 12.9. The first kappa shape index (κ1) is 15.1. The highest BCUT2D eigenvalue weighted by Gasteiger charge is 2.14. The van der Waals surface area contributed by atoms with E-state index < -0.39 is 6.10 Å². The molecule has 0 spiro atoms. The van der Waals surface area contributed by atoms with E-state index in [1.807, 2.05) is 22.7 Å². The molecule has 3 N–H and O–H groups in total. The number of methoxy groups -OCH3 is 1. The lowest BCUT2D eigenvalue weighted by atomic mass is 10.1. The molecule has 1 atom stereocenters. The summed E-state index contributed by atoms with van der Waals surface area (Å²) in [7, 11) is 1.54. The van der Waals surface area contributed by atoms with Crippen molar-refractivity contribution in [3.05, 3.63) is 36.5 Å². The van der Waals surface area contributed by atoms with Gasteiger partial charge in [-0.25, -0.2) is 0 Å². The zero-order valence-electron chi connectivity index (χ0n) is 12.9. The molecule has 23 heavy (non-hydrogen) atoms. The molecule has 7 heteroatoms. The van der Waals surface area contributed by atoms with Gasteiger partial charge in [-0.15, -0.1) is 10.2 Å². The Bertz CT molecular complexity index is 829. The van der Waals surface area contributed by atoms with Crippen LogP contribution in [0.5, 0.6) is 11.5 Å². The second kappa shape index (κ2) is 6.13. The molecule has 7 nitrogen and oxygen atoms in total. The number of phenols is 1. The van der Waals surface area contributed by atoms with Crippen molar-refractivity contribution in [2.75, 3.05) is 19.0 Å². The molecule has 0 unspecified atom stereocenters. The summed E-state index contributed by atoms with van der Waals surface area (Å²) in [5.41, 5.74) is 1.94. The summed E-state index contributed by atoms with van der Waals surface area (Å²) in [5, 5.41) is 31.0. The average Bonchev–Trinajstić information content (AvgIpc) is 3.02. The van der Waals surface area contributed by atoms with Crippen LogP contribution in [0.25, 0.3) is 16.8 Å². The average molecular weight is 314 g/mol. The van der Waals surface area contributed by atoms with Gasteiger partial charge >= 0.3 is 0 Å². The van der Waals surface area contributed by atoms with Crippen LogP contribution in [-0.4, -0.2) is 44.6 Å². The van der Waals surface area contributed by atoms with Crippen molar-refractivity contribution in [1.29, 1.82) is 0 Å². The second-order valence-corrected chi connectivity index (χ2v) is 5.25. The van der Waals surface area contributed by atoms with Crippen molar-refractivity contribution in [3.63, 3.8) is 0 Å². The van der Waals surface area contributed by atoms with E-state index in [1.54, 1.807) is 26.2 Å². The summed E-state index contributed by atoms with van der Waals surface area (Å²) in [5.74, 6) is 1.18. The Labute approximate surface area is 133 Å². The Morgan fingerprint density at radius 2 is 2.13 bits per heavy atom. The molecule has 0 aliphatic carbocycles. The molecule has 0 saturated carbocycles. The van der Waals surface area contributed by atoms with Gasteiger partial charge in [-0.2, -0.15) is 0 Å². The predicted octanol–water partition coefficient (Wildman–Crippen LogP) is 1.90.